The van der Waals surface area contributed by atoms with E-state index in [0.29, 0.717) is 17.1 Å². The Kier molecular flexibility index (Phi) is 4.99. The van der Waals surface area contributed by atoms with Crippen LogP contribution in [0.2, 0.25) is 0 Å². The molecule has 2 aliphatic rings. The highest BCUT2D eigenvalue weighted by Gasteiger charge is 2.54. The maximum atomic E-state index is 14.1. The molecule has 0 spiro atoms. The predicted molar refractivity (Wildman–Crippen MR) is 115 cm³/mol. The Hall–Kier alpha value is -3.62. The number of benzene rings is 2. The van der Waals surface area contributed by atoms with Gasteiger partial charge in [0.1, 0.15) is 24.2 Å². The lowest BCUT2D eigenvalue weighted by atomic mass is 9.87. The molecule has 1 unspecified atom stereocenters. The van der Waals surface area contributed by atoms with E-state index in [1.807, 2.05) is 0 Å². The predicted octanol–water partition coefficient (Wildman–Crippen LogP) is 4.25. The summed E-state index contributed by atoms with van der Waals surface area (Å²) in [6.45, 7) is 1.63. The van der Waals surface area contributed by atoms with Crippen molar-refractivity contribution in [3.63, 3.8) is 0 Å². The van der Waals surface area contributed by atoms with Crippen molar-refractivity contribution in [2.75, 3.05) is 9.80 Å². The van der Waals surface area contributed by atoms with Crippen molar-refractivity contribution in [3.8, 4) is 0 Å². The molecule has 0 radical (unpaired) electrons. The van der Waals surface area contributed by atoms with Crippen molar-refractivity contribution in [2.45, 2.75) is 44.3 Å². The number of hydrogen-bond acceptors (Lipinski definition) is 3. The summed E-state index contributed by atoms with van der Waals surface area (Å²) in [6, 6.07) is 10.6. The van der Waals surface area contributed by atoms with Crippen LogP contribution in [0.3, 0.4) is 0 Å². The van der Waals surface area contributed by atoms with Gasteiger partial charge in [-0.2, -0.15) is 0 Å². The summed E-state index contributed by atoms with van der Waals surface area (Å²) in [5, 5.41) is 0. The second-order valence-corrected chi connectivity index (χ2v) is 8.43. The number of hydrogen-bond donors (Lipinski definition) is 0. The van der Waals surface area contributed by atoms with Crippen molar-refractivity contribution in [1.82, 2.24) is 9.55 Å². The number of fused-ring (bicyclic) bond motifs is 1. The van der Waals surface area contributed by atoms with Gasteiger partial charge in [0.25, 0.3) is 11.8 Å². The molecule has 33 heavy (non-hydrogen) atoms. The number of rotatable bonds is 5. The van der Waals surface area contributed by atoms with Crippen molar-refractivity contribution < 1.29 is 22.8 Å². The molecule has 1 atom stereocenters. The standard InChI is InChI=1S/C24H21F3N4O2/c1-15-28-9-10-29(15)14-21(32)31(17-6-4-5-16(25)11-17)22-19-7-2-3-8-20(19)30(23(22)33)18-12-24(26,27)13-18/h2-11,18,22H,12-14H2,1H3. The fourth-order valence-electron chi connectivity index (χ4n) is 4.62. The maximum Gasteiger partial charge on any atom is 0.255 e. The third kappa shape index (κ3) is 3.67. The molecular formula is C24H21F3N4O2. The van der Waals surface area contributed by atoms with Gasteiger partial charge in [-0.05, 0) is 31.2 Å². The molecule has 2 heterocycles. The van der Waals surface area contributed by atoms with Crippen LogP contribution in [0.25, 0.3) is 0 Å². The zero-order chi connectivity index (χ0) is 23.3. The minimum atomic E-state index is -2.81. The fourth-order valence-corrected chi connectivity index (χ4v) is 4.62. The number of para-hydroxylation sites is 1. The van der Waals surface area contributed by atoms with Gasteiger partial charge in [-0.25, -0.2) is 18.2 Å². The number of halogens is 3. The Morgan fingerprint density at radius 2 is 1.94 bits per heavy atom. The highest BCUT2D eigenvalue weighted by Crippen LogP contribution is 2.48. The molecule has 1 aliphatic heterocycles. The fraction of sp³-hybridized carbons (Fsp3) is 0.292. The molecule has 3 aromatic rings. The van der Waals surface area contributed by atoms with Crippen LogP contribution in [0.5, 0.6) is 0 Å². The average Bonchev–Trinajstić information content (AvgIpc) is 3.27. The number of aryl methyl sites for hydroxylation is 1. The summed E-state index contributed by atoms with van der Waals surface area (Å²) in [5.41, 5.74) is 1.24. The molecule has 0 saturated heterocycles. The van der Waals surface area contributed by atoms with Gasteiger partial charge in [0.15, 0.2) is 0 Å². The molecule has 2 amide bonds. The van der Waals surface area contributed by atoms with Gasteiger partial charge >= 0.3 is 0 Å². The minimum absolute atomic E-state index is 0.115. The van der Waals surface area contributed by atoms with Crippen molar-refractivity contribution >= 4 is 23.2 Å². The summed E-state index contributed by atoms with van der Waals surface area (Å²) in [7, 11) is 0. The highest BCUT2D eigenvalue weighted by atomic mass is 19.3. The van der Waals surface area contributed by atoms with E-state index in [1.54, 1.807) is 54.2 Å². The number of imidazole rings is 1. The molecule has 0 bridgehead atoms. The van der Waals surface area contributed by atoms with Crippen LogP contribution in [-0.4, -0.2) is 33.3 Å². The minimum Gasteiger partial charge on any atom is -0.326 e. The first kappa shape index (κ1) is 21.2. The lowest BCUT2D eigenvalue weighted by Crippen LogP contribution is -2.54. The Labute approximate surface area is 188 Å². The van der Waals surface area contributed by atoms with Crippen molar-refractivity contribution in [1.29, 1.82) is 0 Å². The molecule has 170 valence electrons. The molecule has 6 nitrogen and oxygen atoms in total. The Balaban J connectivity index is 1.58. The van der Waals surface area contributed by atoms with E-state index < -0.39 is 48.5 Å². The smallest absolute Gasteiger partial charge is 0.255 e. The summed E-state index contributed by atoms with van der Waals surface area (Å²) in [5.74, 6) is -3.68. The van der Waals surface area contributed by atoms with Gasteiger partial charge < -0.3 is 9.47 Å². The molecule has 0 N–H and O–H groups in total. The van der Waals surface area contributed by atoms with Crippen LogP contribution in [0.15, 0.2) is 60.9 Å². The summed E-state index contributed by atoms with van der Waals surface area (Å²) < 4.78 is 43.0. The third-order valence-corrected chi connectivity index (χ3v) is 6.24. The molecule has 5 rings (SSSR count). The summed E-state index contributed by atoms with van der Waals surface area (Å²) in [6.07, 6.45) is 2.34. The quantitative estimate of drug-likeness (QED) is 0.579. The van der Waals surface area contributed by atoms with Crippen molar-refractivity contribution in [2.24, 2.45) is 0 Å². The molecule has 1 aromatic heterocycles. The molecule has 1 saturated carbocycles. The van der Waals surface area contributed by atoms with Gasteiger partial charge in [0.2, 0.25) is 5.91 Å². The second-order valence-electron chi connectivity index (χ2n) is 8.43. The van der Waals surface area contributed by atoms with E-state index in [-0.39, 0.29) is 12.2 Å². The van der Waals surface area contributed by atoms with Crippen LogP contribution < -0.4 is 9.80 Å². The highest BCUT2D eigenvalue weighted by molar-refractivity contribution is 6.11. The first-order valence-corrected chi connectivity index (χ1v) is 10.6. The first-order chi connectivity index (χ1) is 15.7. The van der Waals surface area contributed by atoms with Crippen LogP contribution in [0.1, 0.15) is 30.3 Å². The number of aromatic nitrogens is 2. The van der Waals surface area contributed by atoms with Crippen LogP contribution in [0.4, 0.5) is 24.5 Å². The Bertz CT molecular complexity index is 1230. The van der Waals surface area contributed by atoms with E-state index in [0.717, 1.165) is 0 Å². The monoisotopic (exact) mass is 454 g/mol. The van der Waals surface area contributed by atoms with Crippen molar-refractivity contribution in [3.05, 3.63) is 78.1 Å². The lowest BCUT2D eigenvalue weighted by molar-refractivity contribution is -0.127. The topological polar surface area (TPSA) is 58.4 Å². The number of carbonyl (C=O) groups is 2. The van der Waals surface area contributed by atoms with E-state index in [1.165, 1.54) is 28.0 Å². The van der Waals surface area contributed by atoms with Crippen LogP contribution in [-0.2, 0) is 16.1 Å². The molecule has 1 aliphatic carbocycles. The Morgan fingerprint density at radius 1 is 1.18 bits per heavy atom. The molecule has 2 aromatic carbocycles. The average molecular weight is 454 g/mol. The number of amides is 2. The first-order valence-electron chi connectivity index (χ1n) is 10.6. The number of alkyl halides is 2. The lowest BCUT2D eigenvalue weighted by Gasteiger charge is -2.41. The third-order valence-electron chi connectivity index (χ3n) is 6.24. The normalized spacial score (nSPS) is 19.3. The van der Waals surface area contributed by atoms with Gasteiger partial charge in [-0.1, -0.05) is 24.3 Å². The SMILES string of the molecule is Cc1nccn1CC(=O)N(c1cccc(F)c1)C1C(=O)N(C2CC(F)(F)C2)c2ccccc21. The van der Waals surface area contributed by atoms with Gasteiger partial charge in [0, 0.05) is 48.2 Å². The zero-order valence-electron chi connectivity index (χ0n) is 17.8. The molecule has 1 fully saturated rings. The van der Waals surface area contributed by atoms with E-state index in [4.69, 9.17) is 0 Å². The maximum absolute atomic E-state index is 14.1. The van der Waals surface area contributed by atoms with Gasteiger partial charge in [0.05, 0.1) is 0 Å². The van der Waals surface area contributed by atoms with Crippen LogP contribution >= 0.6 is 0 Å². The van der Waals surface area contributed by atoms with E-state index in [2.05, 4.69) is 4.98 Å². The van der Waals surface area contributed by atoms with E-state index >= 15 is 0 Å². The summed E-state index contributed by atoms with van der Waals surface area (Å²) in [4.78, 5) is 34.0. The number of carbonyl (C=O) groups excluding carboxylic acids is 2. The van der Waals surface area contributed by atoms with Crippen LogP contribution in [0, 0.1) is 12.7 Å². The second kappa shape index (κ2) is 7.75. The molecular weight excluding hydrogens is 433 g/mol. The number of anilines is 2. The van der Waals surface area contributed by atoms with Gasteiger partial charge in [-0.15, -0.1) is 0 Å². The Morgan fingerprint density at radius 3 is 2.61 bits per heavy atom. The summed E-state index contributed by atoms with van der Waals surface area (Å²) >= 11 is 0. The molecule has 9 heteroatoms. The zero-order valence-corrected chi connectivity index (χ0v) is 17.8. The number of nitrogens with zero attached hydrogens (tertiary/aromatic N) is 4. The van der Waals surface area contributed by atoms with Gasteiger partial charge in [-0.3, -0.25) is 14.5 Å². The largest absolute Gasteiger partial charge is 0.326 e. The van der Waals surface area contributed by atoms with E-state index in [9.17, 15) is 22.8 Å².